The topological polar surface area (TPSA) is 46.3 Å². The summed E-state index contributed by atoms with van der Waals surface area (Å²) in [5.41, 5.74) is 2.19. The Morgan fingerprint density at radius 3 is 2.84 bits per heavy atom. The summed E-state index contributed by atoms with van der Waals surface area (Å²) in [7, 11) is 0. The molecule has 0 unspecified atom stereocenters. The van der Waals surface area contributed by atoms with E-state index in [-0.39, 0.29) is 5.91 Å². The van der Waals surface area contributed by atoms with Crippen molar-refractivity contribution in [3.05, 3.63) is 29.7 Å². The molecule has 1 aromatic heterocycles. The second kappa shape index (κ2) is 4.68. The summed E-state index contributed by atoms with van der Waals surface area (Å²) in [4.78, 5) is 18.6. The van der Waals surface area contributed by atoms with E-state index in [1.165, 1.54) is 0 Å². The summed E-state index contributed by atoms with van der Waals surface area (Å²) in [6.45, 7) is 5.76. The lowest BCUT2D eigenvalue weighted by molar-refractivity contribution is 0.0697. The predicted octanol–water partition coefficient (Wildman–Crippen LogP) is 3.01. The molecule has 2 aromatic rings. The molecule has 1 saturated heterocycles. The van der Waals surface area contributed by atoms with Gasteiger partial charge in [0.05, 0.1) is 0 Å². The molecule has 2 heterocycles. The van der Waals surface area contributed by atoms with Crippen LogP contribution in [0.3, 0.4) is 0 Å². The minimum Gasteiger partial charge on any atom is -0.441 e. The zero-order chi connectivity index (χ0) is 13.4. The number of piperidine rings is 1. The monoisotopic (exact) mass is 258 g/mol. The smallest absolute Gasteiger partial charge is 0.253 e. The number of fused-ring (bicyclic) bond motifs is 1. The van der Waals surface area contributed by atoms with Crippen LogP contribution in [-0.2, 0) is 0 Å². The fourth-order valence-corrected chi connectivity index (χ4v) is 2.57. The van der Waals surface area contributed by atoms with Gasteiger partial charge in [-0.3, -0.25) is 4.79 Å². The summed E-state index contributed by atoms with van der Waals surface area (Å²) >= 11 is 0. The first-order valence-corrected chi connectivity index (χ1v) is 6.80. The number of hydrogen-bond donors (Lipinski definition) is 0. The van der Waals surface area contributed by atoms with E-state index >= 15 is 0 Å². The number of nitrogens with zero attached hydrogens (tertiary/aromatic N) is 2. The summed E-state index contributed by atoms with van der Waals surface area (Å²) in [5.74, 6) is 1.46. The highest BCUT2D eigenvalue weighted by molar-refractivity contribution is 5.97. The van der Waals surface area contributed by atoms with Crippen molar-refractivity contribution in [3.63, 3.8) is 0 Å². The molecule has 1 aliphatic heterocycles. The van der Waals surface area contributed by atoms with E-state index < -0.39 is 0 Å². The maximum atomic E-state index is 12.4. The van der Waals surface area contributed by atoms with Gasteiger partial charge >= 0.3 is 0 Å². The van der Waals surface area contributed by atoms with Crippen molar-refractivity contribution in [1.29, 1.82) is 0 Å². The Hall–Kier alpha value is -1.84. The van der Waals surface area contributed by atoms with Crippen LogP contribution in [-0.4, -0.2) is 28.9 Å². The zero-order valence-corrected chi connectivity index (χ0v) is 11.3. The van der Waals surface area contributed by atoms with Crippen molar-refractivity contribution >= 4 is 17.0 Å². The standard InChI is InChI=1S/C15H18N2O2/c1-10-5-7-17(8-6-10)15(18)12-3-4-13-14(9-12)19-11(2)16-13/h3-4,9-10H,5-8H2,1-2H3. The van der Waals surface area contributed by atoms with Gasteiger partial charge in [0.15, 0.2) is 11.5 Å². The number of oxazole rings is 1. The number of benzene rings is 1. The van der Waals surface area contributed by atoms with Crippen LogP contribution in [0.4, 0.5) is 0 Å². The van der Waals surface area contributed by atoms with Gasteiger partial charge in [-0.1, -0.05) is 6.92 Å². The van der Waals surface area contributed by atoms with Crippen molar-refractivity contribution in [2.75, 3.05) is 13.1 Å². The molecule has 0 atom stereocenters. The number of amides is 1. The first-order chi connectivity index (χ1) is 9.13. The average molecular weight is 258 g/mol. The number of hydrogen-bond acceptors (Lipinski definition) is 3. The van der Waals surface area contributed by atoms with Crippen LogP contribution >= 0.6 is 0 Å². The van der Waals surface area contributed by atoms with Crippen LogP contribution in [0.25, 0.3) is 11.1 Å². The molecule has 19 heavy (non-hydrogen) atoms. The first-order valence-electron chi connectivity index (χ1n) is 6.80. The van der Waals surface area contributed by atoms with E-state index in [0.717, 1.165) is 37.4 Å². The molecular weight excluding hydrogens is 240 g/mol. The van der Waals surface area contributed by atoms with Crippen LogP contribution in [0.5, 0.6) is 0 Å². The number of aromatic nitrogens is 1. The van der Waals surface area contributed by atoms with E-state index in [1.807, 2.05) is 24.0 Å². The molecule has 0 bridgehead atoms. The minimum atomic E-state index is 0.0999. The molecule has 1 aromatic carbocycles. The number of rotatable bonds is 1. The molecule has 0 N–H and O–H groups in total. The number of carbonyl (C=O) groups excluding carboxylic acids is 1. The molecule has 4 heteroatoms. The highest BCUT2D eigenvalue weighted by Crippen LogP contribution is 2.21. The molecule has 1 aliphatic rings. The fourth-order valence-electron chi connectivity index (χ4n) is 2.57. The molecule has 1 fully saturated rings. The third-order valence-corrected chi connectivity index (χ3v) is 3.81. The number of carbonyl (C=O) groups is 1. The summed E-state index contributed by atoms with van der Waals surface area (Å²) in [5, 5.41) is 0. The Morgan fingerprint density at radius 1 is 1.37 bits per heavy atom. The quantitative estimate of drug-likeness (QED) is 0.790. The van der Waals surface area contributed by atoms with Crippen LogP contribution < -0.4 is 0 Å². The molecule has 0 spiro atoms. The molecule has 0 aliphatic carbocycles. The summed E-state index contributed by atoms with van der Waals surface area (Å²) < 4.78 is 5.48. The van der Waals surface area contributed by atoms with Gasteiger partial charge in [-0.15, -0.1) is 0 Å². The Morgan fingerprint density at radius 2 is 2.11 bits per heavy atom. The Balaban J connectivity index is 1.84. The van der Waals surface area contributed by atoms with Crippen molar-refractivity contribution in [3.8, 4) is 0 Å². The maximum Gasteiger partial charge on any atom is 0.253 e. The molecule has 0 saturated carbocycles. The van der Waals surface area contributed by atoms with Gasteiger partial charge < -0.3 is 9.32 Å². The highest BCUT2D eigenvalue weighted by Gasteiger charge is 2.21. The first kappa shape index (κ1) is 12.2. The normalized spacial score (nSPS) is 17.1. The summed E-state index contributed by atoms with van der Waals surface area (Å²) in [6.07, 6.45) is 2.19. The van der Waals surface area contributed by atoms with Crippen molar-refractivity contribution in [1.82, 2.24) is 9.88 Å². The zero-order valence-electron chi connectivity index (χ0n) is 11.3. The number of aryl methyl sites for hydroxylation is 1. The average Bonchev–Trinajstić information content (AvgIpc) is 2.77. The van der Waals surface area contributed by atoms with Crippen molar-refractivity contribution in [2.24, 2.45) is 5.92 Å². The van der Waals surface area contributed by atoms with Gasteiger partial charge in [-0.25, -0.2) is 4.98 Å². The van der Waals surface area contributed by atoms with Gasteiger partial charge in [-0.2, -0.15) is 0 Å². The fraction of sp³-hybridized carbons (Fsp3) is 0.467. The second-order valence-corrected chi connectivity index (χ2v) is 5.39. The van der Waals surface area contributed by atoms with Gasteiger partial charge in [0.25, 0.3) is 5.91 Å². The van der Waals surface area contributed by atoms with Crippen molar-refractivity contribution in [2.45, 2.75) is 26.7 Å². The van der Waals surface area contributed by atoms with Crippen molar-refractivity contribution < 1.29 is 9.21 Å². The third kappa shape index (κ3) is 2.35. The third-order valence-electron chi connectivity index (χ3n) is 3.81. The number of likely N-dealkylation sites (tertiary alicyclic amines) is 1. The largest absolute Gasteiger partial charge is 0.441 e. The van der Waals surface area contributed by atoms with Gasteiger partial charge in [0.1, 0.15) is 5.52 Å². The molecule has 0 radical (unpaired) electrons. The Labute approximate surface area is 112 Å². The van der Waals surface area contributed by atoms with Crippen LogP contribution in [0.1, 0.15) is 36.0 Å². The lowest BCUT2D eigenvalue weighted by atomic mass is 9.98. The predicted molar refractivity (Wildman–Crippen MR) is 73.0 cm³/mol. The van der Waals surface area contributed by atoms with E-state index in [2.05, 4.69) is 11.9 Å². The van der Waals surface area contributed by atoms with Gasteiger partial charge in [-0.05, 0) is 37.0 Å². The van der Waals surface area contributed by atoms with Crippen LogP contribution in [0, 0.1) is 12.8 Å². The lowest BCUT2D eigenvalue weighted by Crippen LogP contribution is -2.37. The van der Waals surface area contributed by atoms with E-state index in [0.29, 0.717) is 17.0 Å². The second-order valence-electron chi connectivity index (χ2n) is 5.39. The lowest BCUT2D eigenvalue weighted by Gasteiger charge is -2.30. The Kier molecular flexibility index (Phi) is 3.01. The molecule has 100 valence electrons. The molecular formula is C15H18N2O2. The van der Waals surface area contributed by atoms with Gasteiger partial charge in [0.2, 0.25) is 0 Å². The van der Waals surface area contributed by atoms with E-state index in [4.69, 9.17) is 4.42 Å². The van der Waals surface area contributed by atoms with Gasteiger partial charge in [0, 0.05) is 25.6 Å². The molecule has 3 rings (SSSR count). The molecule has 4 nitrogen and oxygen atoms in total. The van der Waals surface area contributed by atoms with Crippen LogP contribution in [0.2, 0.25) is 0 Å². The minimum absolute atomic E-state index is 0.0999. The SMILES string of the molecule is Cc1nc2ccc(C(=O)N3CCC(C)CC3)cc2o1. The highest BCUT2D eigenvalue weighted by atomic mass is 16.3. The van der Waals surface area contributed by atoms with Crippen LogP contribution in [0.15, 0.2) is 22.6 Å². The summed E-state index contributed by atoms with van der Waals surface area (Å²) in [6, 6.07) is 5.49. The Bertz CT molecular complexity index is 610. The van der Waals surface area contributed by atoms with E-state index in [1.54, 1.807) is 6.07 Å². The maximum absolute atomic E-state index is 12.4. The molecule has 1 amide bonds. The van der Waals surface area contributed by atoms with E-state index in [9.17, 15) is 4.79 Å².